The fourth-order valence-electron chi connectivity index (χ4n) is 13.4. The molecule has 0 N–H and O–H groups in total. The molecule has 12 aromatic carbocycles. The summed E-state index contributed by atoms with van der Waals surface area (Å²) in [5, 5.41) is 16.1. The normalized spacial score (nSPS) is 12.8. The third kappa shape index (κ3) is 6.45. The molecule has 2 nitrogen and oxygen atoms in total. The molecule has 0 fully saturated rings. The van der Waals surface area contributed by atoms with Crippen molar-refractivity contribution in [3.8, 4) is 33.6 Å². The average molecular weight is 999 g/mol. The minimum atomic E-state index is -2.73. The predicted molar refractivity (Wildman–Crippen MR) is 327 cm³/mol. The van der Waals surface area contributed by atoms with Crippen molar-refractivity contribution in [1.82, 2.24) is 9.13 Å². The summed E-state index contributed by atoms with van der Waals surface area (Å²) in [5.74, 6) is 0. The minimum absolute atomic E-state index is 1.13. The molecule has 0 atom stereocenters. The summed E-state index contributed by atoms with van der Waals surface area (Å²) in [7, 11) is -5.31. The zero-order valence-corrected chi connectivity index (χ0v) is 43.8. The van der Waals surface area contributed by atoms with Gasteiger partial charge in [0.15, 0.2) is 16.1 Å². The number of benzene rings is 12. The summed E-state index contributed by atoms with van der Waals surface area (Å²) in [6.45, 7) is 0. The van der Waals surface area contributed by atoms with Gasteiger partial charge in [-0.25, -0.2) is 0 Å². The fraction of sp³-hybridized carbons (Fsp3) is 0. The van der Waals surface area contributed by atoms with Crippen LogP contribution >= 0.6 is 0 Å². The van der Waals surface area contributed by atoms with Gasteiger partial charge in [0, 0.05) is 27.2 Å². The monoisotopic (exact) mass is 998 g/mol. The van der Waals surface area contributed by atoms with Crippen molar-refractivity contribution in [2.45, 2.75) is 0 Å². The molecular weight excluding hydrogens is 949 g/mol. The molecule has 1 aliphatic rings. The van der Waals surface area contributed by atoms with Gasteiger partial charge in [-0.05, 0) is 112 Å². The maximum Gasteiger partial charge on any atom is 0.180 e. The number of hydrogen-bond acceptors (Lipinski definition) is 0. The van der Waals surface area contributed by atoms with Crippen molar-refractivity contribution >= 4 is 101 Å². The Balaban J connectivity index is 0.907. The summed E-state index contributed by atoms with van der Waals surface area (Å²) >= 11 is 0. The summed E-state index contributed by atoms with van der Waals surface area (Å²) in [6, 6.07) is 114. The molecule has 15 rings (SSSR count). The van der Waals surface area contributed by atoms with Crippen LogP contribution in [0.5, 0.6) is 0 Å². The summed E-state index contributed by atoms with van der Waals surface area (Å²) in [6.07, 6.45) is 0. The number of rotatable bonds is 9. The fourth-order valence-corrected chi connectivity index (χ4v) is 23.3. The summed E-state index contributed by atoms with van der Waals surface area (Å²) in [5.41, 5.74) is 12.1. The molecule has 0 saturated carbocycles. The van der Waals surface area contributed by atoms with E-state index >= 15 is 0 Å². The minimum Gasteiger partial charge on any atom is -0.307 e. The number of aromatic nitrogens is 2. The van der Waals surface area contributed by atoms with Crippen molar-refractivity contribution in [3.05, 3.63) is 303 Å². The Kier molecular flexibility index (Phi) is 10.3. The van der Waals surface area contributed by atoms with Crippen LogP contribution in [0.4, 0.5) is 0 Å². The van der Waals surface area contributed by atoms with E-state index in [1.165, 1.54) is 107 Å². The zero-order chi connectivity index (χ0) is 50.2. The Morgan fingerprint density at radius 2 is 0.724 bits per heavy atom. The first kappa shape index (κ1) is 44.2. The average Bonchev–Trinajstić information content (AvgIpc) is 4.17. The van der Waals surface area contributed by atoms with Gasteiger partial charge in [0.1, 0.15) is 0 Å². The number of fused-ring (bicyclic) bond motifs is 9. The molecule has 0 spiro atoms. The maximum absolute atomic E-state index is 2.73. The molecular formula is C72H50N2Si2. The Labute approximate surface area is 444 Å². The molecule has 76 heavy (non-hydrogen) atoms. The van der Waals surface area contributed by atoms with E-state index in [-0.39, 0.29) is 0 Å². The van der Waals surface area contributed by atoms with E-state index in [1.807, 2.05) is 0 Å². The Morgan fingerprint density at radius 3 is 1.34 bits per heavy atom. The highest BCUT2D eigenvalue weighted by Gasteiger charge is 2.48. The van der Waals surface area contributed by atoms with Crippen molar-refractivity contribution in [1.29, 1.82) is 0 Å². The van der Waals surface area contributed by atoms with Crippen LogP contribution in [0.15, 0.2) is 303 Å². The third-order valence-corrected chi connectivity index (χ3v) is 26.2. The van der Waals surface area contributed by atoms with Gasteiger partial charge in [-0.1, -0.05) is 255 Å². The number of nitrogens with zero attached hydrogens (tertiary/aromatic N) is 2. The first-order valence-corrected chi connectivity index (χ1v) is 30.4. The lowest BCUT2D eigenvalue weighted by atomic mass is 9.98. The molecule has 14 aromatic rings. The van der Waals surface area contributed by atoms with E-state index in [1.54, 1.807) is 0 Å². The van der Waals surface area contributed by atoms with E-state index in [4.69, 9.17) is 0 Å². The quantitative estimate of drug-likeness (QED) is 0.101. The van der Waals surface area contributed by atoms with Crippen LogP contribution in [-0.4, -0.2) is 25.3 Å². The van der Waals surface area contributed by atoms with Gasteiger partial charge in [-0.2, -0.15) is 0 Å². The molecule has 3 heterocycles. The lowest BCUT2D eigenvalue weighted by molar-refractivity contribution is 1.13. The topological polar surface area (TPSA) is 9.86 Å². The highest BCUT2D eigenvalue weighted by molar-refractivity contribution is 7.22. The second-order valence-corrected chi connectivity index (χ2v) is 27.8. The molecule has 0 aliphatic carbocycles. The first-order valence-electron chi connectivity index (χ1n) is 26.4. The molecule has 0 amide bonds. The molecule has 1 aliphatic heterocycles. The van der Waals surface area contributed by atoms with Crippen molar-refractivity contribution in [2.75, 3.05) is 0 Å². The van der Waals surface area contributed by atoms with Crippen molar-refractivity contribution in [2.24, 2.45) is 0 Å². The van der Waals surface area contributed by atoms with E-state index < -0.39 is 16.1 Å². The smallest absolute Gasteiger partial charge is 0.180 e. The molecule has 0 unspecified atom stereocenters. The maximum atomic E-state index is 2.51. The lowest BCUT2D eigenvalue weighted by Gasteiger charge is -2.34. The van der Waals surface area contributed by atoms with Gasteiger partial charge in [0.25, 0.3) is 0 Å². The highest BCUT2D eigenvalue weighted by atomic mass is 28.3. The van der Waals surface area contributed by atoms with Crippen molar-refractivity contribution in [3.63, 3.8) is 0 Å². The summed E-state index contributed by atoms with van der Waals surface area (Å²) < 4.78 is 5.02. The molecule has 0 radical (unpaired) electrons. The predicted octanol–water partition coefficient (Wildman–Crippen LogP) is 12.3. The van der Waals surface area contributed by atoms with Gasteiger partial charge in [0.05, 0.1) is 27.8 Å². The van der Waals surface area contributed by atoms with Crippen LogP contribution in [0.3, 0.4) is 0 Å². The third-order valence-electron chi connectivity index (χ3n) is 16.6. The Morgan fingerprint density at radius 1 is 0.276 bits per heavy atom. The highest BCUT2D eigenvalue weighted by Crippen LogP contribution is 2.41. The van der Waals surface area contributed by atoms with E-state index in [9.17, 15) is 0 Å². The van der Waals surface area contributed by atoms with Gasteiger partial charge < -0.3 is 9.13 Å². The van der Waals surface area contributed by atoms with Gasteiger partial charge in [-0.15, -0.1) is 0 Å². The SMILES string of the molecule is c1ccc([Si](c2ccccc2)(c2ccccc2)c2ccc(-n3c4ccccc4c4cccc(-n5c6ccccc6c6cc(-c7ccc8c(c7)-c7ccccc7[Si]8(c7ccccc7)c7ccccc7)ccc65)c43)cc2)cc1. The molecule has 0 saturated heterocycles. The molecule has 4 heteroatoms. The number of para-hydroxylation sites is 3. The van der Waals surface area contributed by atoms with E-state index in [0.717, 1.165) is 11.4 Å². The van der Waals surface area contributed by atoms with E-state index in [2.05, 4.69) is 312 Å². The second kappa shape index (κ2) is 17.7. The van der Waals surface area contributed by atoms with Crippen LogP contribution < -0.4 is 41.5 Å². The standard InChI is InChI=1S/C72H50N2Si2/c1-6-23-54(24-7-1)75(55-25-8-2-9-26-55,56-27-10-3-11-28-56)59-45-43-53(44-46-59)73-66-37-19-16-33-60(66)63-36-22-39-69(72(63)73)74-67-38-20-17-34-61(67)64-49-51(41-47-68(64)74)52-42-48-71-65(50-52)62-35-18-21-40-70(62)76(71,57-29-12-4-13-30-57)58-31-14-5-15-32-58/h1-50H. The molecule has 2 aromatic heterocycles. The van der Waals surface area contributed by atoms with Crippen LogP contribution in [0.25, 0.3) is 77.2 Å². The Hall–Kier alpha value is -9.33. The first-order chi connectivity index (χ1) is 37.7. The van der Waals surface area contributed by atoms with Gasteiger partial charge in [0.2, 0.25) is 0 Å². The van der Waals surface area contributed by atoms with Gasteiger partial charge >= 0.3 is 0 Å². The van der Waals surface area contributed by atoms with E-state index in [0.29, 0.717) is 0 Å². The van der Waals surface area contributed by atoms with Crippen LogP contribution in [-0.2, 0) is 0 Å². The number of hydrogen-bond donors (Lipinski definition) is 0. The second-order valence-electron chi connectivity index (χ2n) is 20.3. The van der Waals surface area contributed by atoms with Crippen LogP contribution in [0, 0.1) is 0 Å². The Bertz CT molecular complexity index is 4350. The lowest BCUT2D eigenvalue weighted by Crippen LogP contribution is -2.74. The van der Waals surface area contributed by atoms with Gasteiger partial charge in [-0.3, -0.25) is 0 Å². The molecule has 0 bridgehead atoms. The zero-order valence-electron chi connectivity index (χ0n) is 41.8. The summed E-state index contributed by atoms with van der Waals surface area (Å²) in [4.78, 5) is 0. The van der Waals surface area contributed by atoms with Crippen molar-refractivity contribution < 1.29 is 0 Å². The van der Waals surface area contributed by atoms with Crippen LogP contribution in [0.1, 0.15) is 0 Å². The molecule has 356 valence electrons. The van der Waals surface area contributed by atoms with Crippen LogP contribution in [0.2, 0.25) is 0 Å². The largest absolute Gasteiger partial charge is 0.307 e.